The van der Waals surface area contributed by atoms with Crippen LogP contribution in [0.1, 0.15) is 53.4 Å². The molecule has 4 rings (SSSR count). The van der Waals surface area contributed by atoms with E-state index in [2.05, 4.69) is 11.9 Å². The molecular weight excluding hydrogens is 446 g/mol. The molecule has 7 nitrogen and oxygen atoms in total. The average molecular weight is 484 g/mol. The number of hydrogen-bond acceptors (Lipinski definition) is 6. The third-order valence-corrected chi connectivity index (χ3v) is 9.65. The highest BCUT2D eigenvalue weighted by Gasteiger charge is 2.71. The van der Waals surface area contributed by atoms with Gasteiger partial charge in [-0.1, -0.05) is 33.8 Å². The summed E-state index contributed by atoms with van der Waals surface area (Å²) in [7, 11) is 1.57. The van der Waals surface area contributed by atoms with Crippen LogP contribution in [0.25, 0.3) is 0 Å². The van der Waals surface area contributed by atoms with Gasteiger partial charge in [-0.2, -0.15) is 0 Å². The fourth-order valence-electron chi connectivity index (χ4n) is 7.25. The minimum absolute atomic E-state index is 0.0258. The topological polar surface area (TPSA) is 102 Å². The Morgan fingerprint density at radius 1 is 1.20 bits per heavy atom. The second kappa shape index (κ2) is 8.77. The maximum Gasteiger partial charge on any atom is 0.411 e. The number of methoxy groups -OCH3 is 1. The van der Waals surface area contributed by atoms with Crippen LogP contribution in [0.15, 0.2) is 36.9 Å². The molecule has 7 heteroatoms. The van der Waals surface area contributed by atoms with Gasteiger partial charge in [0.2, 0.25) is 0 Å². The molecule has 0 heterocycles. The molecule has 2 N–H and O–H groups in total. The molecule has 0 saturated heterocycles. The first-order valence-corrected chi connectivity index (χ1v) is 12.4. The third-order valence-electron chi connectivity index (χ3n) is 9.65. The van der Waals surface area contributed by atoms with E-state index >= 15 is 0 Å². The molecule has 8 atom stereocenters. The summed E-state index contributed by atoms with van der Waals surface area (Å²) >= 11 is 0. The minimum atomic E-state index is -0.962. The van der Waals surface area contributed by atoms with Crippen LogP contribution in [0.4, 0.5) is 10.5 Å². The molecule has 3 saturated carbocycles. The summed E-state index contributed by atoms with van der Waals surface area (Å²) in [6.07, 6.45) is 0.754. The first kappa shape index (κ1) is 25.4. The van der Waals surface area contributed by atoms with E-state index in [-0.39, 0.29) is 17.5 Å². The van der Waals surface area contributed by atoms with Gasteiger partial charge in [-0.15, -0.1) is 6.58 Å². The van der Waals surface area contributed by atoms with Crippen molar-refractivity contribution in [3.8, 4) is 5.75 Å². The largest absolute Gasteiger partial charge is 0.497 e. The van der Waals surface area contributed by atoms with Crippen LogP contribution < -0.4 is 10.1 Å². The van der Waals surface area contributed by atoms with Gasteiger partial charge in [-0.3, -0.25) is 14.9 Å². The van der Waals surface area contributed by atoms with E-state index in [9.17, 15) is 19.5 Å². The molecule has 190 valence electrons. The van der Waals surface area contributed by atoms with Gasteiger partial charge in [0.1, 0.15) is 23.4 Å². The summed E-state index contributed by atoms with van der Waals surface area (Å²) in [6.45, 7) is 11.7. The molecule has 3 aliphatic rings. The molecule has 35 heavy (non-hydrogen) atoms. The van der Waals surface area contributed by atoms with E-state index in [0.29, 0.717) is 37.1 Å². The molecule has 0 radical (unpaired) electrons. The van der Waals surface area contributed by atoms with E-state index in [1.165, 1.54) is 0 Å². The minimum Gasteiger partial charge on any atom is -0.497 e. The number of aliphatic hydroxyl groups is 1. The normalized spacial score (nSPS) is 40.8. The molecule has 1 aromatic carbocycles. The predicted molar refractivity (Wildman–Crippen MR) is 132 cm³/mol. The highest BCUT2D eigenvalue weighted by atomic mass is 16.6. The lowest BCUT2D eigenvalue weighted by Gasteiger charge is -2.60. The number of carbonyl (C=O) groups excluding carboxylic acids is 3. The molecule has 2 bridgehead atoms. The van der Waals surface area contributed by atoms with Crippen LogP contribution in [0.5, 0.6) is 5.75 Å². The molecule has 0 aliphatic heterocycles. The number of nitrogens with one attached hydrogen (secondary N) is 1. The second-order valence-electron chi connectivity index (χ2n) is 11.2. The Balaban J connectivity index is 1.76. The summed E-state index contributed by atoms with van der Waals surface area (Å²) in [5, 5.41) is 14.3. The van der Waals surface area contributed by atoms with Crippen molar-refractivity contribution >= 4 is 23.3 Å². The Morgan fingerprint density at radius 2 is 1.86 bits per heavy atom. The van der Waals surface area contributed by atoms with E-state index < -0.39 is 46.4 Å². The number of Topliss-reactive ketones (excluding diaryl/α,β-unsaturated/α-hetero) is 2. The molecular formula is C28H37NO6. The number of ketones is 2. The van der Waals surface area contributed by atoms with Crippen LogP contribution >= 0.6 is 0 Å². The average Bonchev–Trinajstić information content (AvgIpc) is 3.20. The van der Waals surface area contributed by atoms with Crippen LogP contribution in [-0.2, 0) is 14.3 Å². The lowest BCUT2D eigenvalue weighted by Crippen LogP contribution is -2.66. The van der Waals surface area contributed by atoms with E-state index in [1.54, 1.807) is 37.5 Å². The summed E-state index contributed by atoms with van der Waals surface area (Å²) in [4.78, 5) is 40.2. The summed E-state index contributed by atoms with van der Waals surface area (Å²) in [5.74, 6) is -0.472. The van der Waals surface area contributed by atoms with Gasteiger partial charge < -0.3 is 14.6 Å². The van der Waals surface area contributed by atoms with Crippen molar-refractivity contribution in [3.63, 3.8) is 0 Å². The quantitative estimate of drug-likeness (QED) is 0.597. The van der Waals surface area contributed by atoms with Crippen molar-refractivity contribution < 1.29 is 29.0 Å². The van der Waals surface area contributed by atoms with E-state index in [1.807, 2.05) is 27.7 Å². The standard InChI is InChI=1S/C28H37NO6/c1-7-26(4)15-22(35-25(33)29-18-8-10-19(34-6)11-9-18)27(5)16(2)14-21(31)28(17(3)24(26)32)13-12-20(30)23(27)28/h7-11,16-17,22-24,32H,1,12-15H2,2-6H3,(H,29,33)/t16?,17-,22+,23-,24-,26+,27+,28-/m0/s1. The Labute approximate surface area is 207 Å². The molecule has 3 aliphatic carbocycles. The summed E-state index contributed by atoms with van der Waals surface area (Å²) in [6, 6.07) is 6.90. The molecule has 0 aromatic heterocycles. The van der Waals surface area contributed by atoms with Gasteiger partial charge >= 0.3 is 6.09 Å². The van der Waals surface area contributed by atoms with Crippen molar-refractivity contribution in [1.82, 2.24) is 0 Å². The Bertz CT molecular complexity index is 1040. The van der Waals surface area contributed by atoms with Crippen molar-refractivity contribution in [2.24, 2.45) is 34.0 Å². The number of aliphatic hydroxyl groups excluding tert-OH is 1. The summed E-state index contributed by atoms with van der Waals surface area (Å²) < 4.78 is 11.3. The number of rotatable bonds is 4. The fraction of sp³-hybridized carbons (Fsp3) is 0.607. The molecule has 0 spiro atoms. The van der Waals surface area contributed by atoms with Crippen molar-refractivity contribution in [1.29, 1.82) is 0 Å². The number of hydrogen-bond donors (Lipinski definition) is 2. The van der Waals surface area contributed by atoms with Crippen molar-refractivity contribution in [2.75, 3.05) is 12.4 Å². The van der Waals surface area contributed by atoms with Gasteiger partial charge in [0.05, 0.1) is 13.2 Å². The fourth-order valence-corrected chi connectivity index (χ4v) is 7.25. The molecule has 3 fully saturated rings. The second-order valence-corrected chi connectivity index (χ2v) is 11.2. The molecule has 1 aromatic rings. The first-order chi connectivity index (χ1) is 16.4. The zero-order valence-corrected chi connectivity index (χ0v) is 21.3. The first-order valence-electron chi connectivity index (χ1n) is 12.4. The monoisotopic (exact) mass is 483 g/mol. The number of carbonyl (C=O) groups is 3. The smallest absolute Gasteiger partial charge is 0.411 e. The van der Waals surface area contributed by atoms with Gasteiger partial charge in [-0.05, 0) is 48.9 Å². The SMILES string of the molecule is C=C[C@]1(C)C[C@@H](OC(=O)Nc2ccc(OC)cc2)[C@@]2(C)C(C)CC(=O)[C@]3(CCC(=O)[C@H]32)[C@@H](C)[C@@H]1O. The number of ether oxygens (including phenoxy) is 2. The third kappa shape index (κ3) is 3.70. The highest BCUT2D eigenvalue weighted by Crippen LogP contribution is 2.66. The van der Waals surface area contributed by atoms with Gasteiger partial charge in [0.15, 0.2) is 0 Å². The van der Waals surface area contributed by atoms with Gasteiger partial charge in [-0.25, -0.2) is 4.79 Å². The van der Waals surface area contributed by atoms with E-state index in [0.717, 1.165) is 0 Å². The van der Waals surface area contributed by atoms with Crippen molar-refractivity contribution in [3.05, 3.63) is 36.9 Å². The molecule has 1 amide bonds. The lowest BCUT2D eigenvalue weighted by atomic mass is 9.43. The maximum atomic E-state index is 13.6. The van der Waals surface area contributed by atoms with Crippen molar-refractivity contribution in [2.45, 2.75) is 65.6 Å². The Morgan fingerprint density at radius 3 is 2.46 bits per heavy atom. The van der Waals surface area contributed by atoms with E-state index in [4.69, 9.17) is 9.47 Å². The zero-order chi connectivity index (χ0) is 25.8. The van der Waals surface area contributed by atoms with Gasteiger partial charge in [0.25, 0.3) is 0 Å². The van der Waals surface area contributed by atoms with Crippen LogP contribution in [0.2, 0.25) is 0 Å². The molecule has 1 unspecified atom stereocenters. The number of benzene rings is 1. The number of amides is 1. The maximum absolute atomic E-state index is 13.6. The summed E-state index contributed by atoms with van der Waals surface area (Å²) in [5.41, 5.74) is -1.99. The Kier molecular flexibility index (Phi) is 6.37. The van der Waals surface area contributed by atoms with Gasteiger partial charge in [0, 0.05) is 40.7 Å². The van der Waals surface area contributed by atoms with Crippen LogP contribution in [0, 0.1) is 34.0 Å². The zero-order valence-electron chi connectivity index (χ0n) is 21.3. The van der Waals surface area contributed by atoms with Crippen LogP contribution in [0.3, 0.4) is 0 Å². The van der Waals surface area contributed by atoms with Crippen LogP contribution in [-0.4, -0.2) is 42.1 Å². The number of anilines is 1. The Hall–Kier alpha value is -2.67. The predicted octanol–water partition coefficient (Wildman–Crippen LogP) is 4.79. The highest BCUT2D eigenvalue weighted by molar-refractivity contribution is 5.98. The lowest BCUT2D eigenvalue weighted by molar-refractivity contribution is -0.193.